The second-order valence-corrected chi connectivity index (χ2v) is 8.27. The van der Waals surface area contributed by atoms with Crippen molar-refractivity contribution in [3.8, 4) is 11.8 Å². The maximum absolute atomic E-state index is 14.8. The normalized spacial score (nSPS) is 18.8. The predicted molar refractivity (Wildman–Crippen MR) is 121 cm³/mol. The minimum Gasteiger partial charge on any atom is -0.205 e. The lowest BCUT2D eigenvalue weighted by Crippen LogP contribution is -2.12. The van der Waals surface area contributed by atoms with Crippen LogP contribution in [0, 0.1) is 30.5 Å². The lowest BCUT2D eigenvalue weighted by Gasteiger charge is -2.28. The molecule has 0 spiro atoms. The van der Waals surface area contributed by atoms with E-state index in [0.29, 0.717) is 16.9 Å². The van der Waals surface area contributed by atoms with Crippen molar-refractivity contribution >= 4 is 10.8 Å². The van der Waals surface area contributed by atoms with Gasteiger partial charge in [-0.3, -0.25) is 0 Å². The van der Waals surface area contributed by atoms with Crippen LogP contribution in [0.15, 0.2) is 67.3 Å². The maximum atomic E-state index is 14.8. The van der Waals surface area contributed by atoms with Crippen molar-refractivity contribution in [3.05, 3.63) is 95.3 Å². The summed E-state index contributed by atoms with van der Waals surface area (Å²) >= 11 is 0. The quantitative estimate of drug-likeness (QED) is 0.324. The molecule has 0 atom stereocenters. The zero-order chi connectivity index (χ0) is 20.2. The smallest absolute Gasteiger partial charge is 0.146 e. The molecular formula is C28H27F. The van der Waals surface area contributed by atoms with Gasteiger partial charge in [0, 0.05) is 10.9 Å². The van der Waals surface area contributed by atoms with Crippen LogP contribution in [-0.2, 0) is 0 Å². The molecule has 3 aromatic rings. The molecule has 1 heteroatoms. The Labute approximate surface area is 173 Å². The van der Waals surface area contributed by atoms with Crippen molar-refractivity contribution in [1.29, 1.82) is 0 Å². The van der Waals surface area contributed by atoms with Crippen molar-refractivity contribution < 1.29 is 4.39 Å². The zero-order valence-corrected chi connectivity index (χ0v) is 17.0. The molecule has 4 rings (SSSR count). The molecule has 0 unspecified atom stereocenters. The number of hydrogen-bond acceptors (Lipinski definition) is 0. The third-order valence-electron chi connectivity index (χ3n) is 6.18. The van der Waals surface area contributed by atoms with Gasteiger partial charge in [-0.2, -0.15) is 0 Å². The topological polar surface area (TPSA) is 0 Å². The molecule has 1 aliphatic carbocycles. The van der Waals surface area contributed by atoms with Crippen molar-refractivity contribution in [2.24, 2.45) is 5.92 Å². The molecule has 0 bridgehead atoms. The summed E-state index contributed by atoms with van der Waals surface area (Å²) in [6.07, 6.45) is 8.29. The van der Waals surface area contributed by atoms with E-state index in [9.17, 15) is 4.39 Å². The summed E-state index contributed by atoms with van der Waals surface area (Å²) < 4.78 is 14.8. The first-order valence-electron chi connectivity index (χ1n) is 10.6. The minimum atomic E-state index is -0.233. The van der Waals surface area contributed by atoms with Gasteiger partial charge in [0.05, 0.1) is 5.56 Å². The van der Waals surface area contributed by atoms with E-state index in [-0.39, 0.29) is 5.82 Å². The summed E-state index contributed by atoms with van der Waals surface area (Å²) in [6, 6.07) is 18.0. The molecule has 0 heterocycles. The van der Waals surface area contributed by atoms with E-state index in [1.165, 1.54) is 31.2 Å². The van der Waals surface area contributed by atoms with Crippen LogP contribution in [-0.4, -0.2) is 0 Å². The molecule has 0 aliphatic heterocycles. The Hall–Kier alpha value is -2.85. The van der Waals surface area contributed by atoms with E-state index in [0.717, 1.165) is 28.9 Å². The van der Waals surface area contributed by atoms with E-state index in [4.69, 9.17) is 0 Å². The number of fused-ring (bicyclic) bond motifs is 1. The number of allylic oxidation sites excluding steroid dienone is 1. The Morgan fingerprint density at radius 2 is 1.72 bits per heavy atom. The van der Waals surface area contributed by atoms with E-state index >= 15 is 0 Å². The Balaban J connectivity index is 1.48. The minimum absolute atomic E-state index is 0.233. The number of halogens is 1. The van der Waals surface area contributed by atoms with Gasteiger partial charge in [-0.1, -0.05) is 59.9 Å². The highest BCUT2D eigenvalue weighted by Gasteiger charge is 2.21. The summed E-state index contributed by atoms with van der Waals surface area (Å²) in [4.78, 5) is 0. The molecule has 146 valence electrons. The van der Waals surface area contributed by atoms with Crippen LogP contribution in [0.4, 0.5) is 4.39 Å². The summed E-state index contributed by atoms with van der Waals surface area (Å²) in [5, 5.41) is 1.55. The molecule has 0 aromatic heterocycles. The first kappa shape index (κ1) is 19.5. The predicted octanol–water partition coefficient (Wildman–Crippen LogP) is 7.54. The Morgan fingerprint density at radius 3 is 2.45 bits per heavy atom. The summed E-state index contributed by atoms with van der Waals surface area (Å²) in [6.45, 7) is 5.88. The van der Waals surface area contributed by atoms with E-state index in [1.807, 2.05) is 31.2 Å². The fourth-order valence-electron chi connectivity index (χ4n) is 4.45. The molecule has 1 saturated carbocycles. The lowest BCUT2D eigenvalue weighted by molar-refractivity contribution is 0.328. The monoisotopic (exact) mass is 382 g/mol. The fraction of sp³-hybridized carbons (Fsp3) is 0.286. The molecule has 0 nitrogen and oxygen atoms in total. The number of rotatable bonds is 3. The maximum Gasteiger partial charge on any atom is 0.146 e. The average molecular weight is 383 g/mol. The molecule has 1 aliphatic rings. The molecule has 1 fully saturated rings. The van der Waals surface area contributed by atoms with Crippen LogP contribution < -0.4 is 0 Å². The first-order valence-corrected chi connectivity index (χ1v) is 10.6. The first-order chi connectivity index (χ1) is 14.1. The molecule has 0 N–H and O–H groups in total. The standard InChI is InChI=1S/C28H27F/c1-3-4-21-6-11-23(12-7-21)24-13-8-22(9-14-24)10-15-25-16-17-26-19-20(2)5-18-27(26)28(25)29/h3,5,8-9,13-14,16-19,21,23H,1,4,6-7,11-12H2,2H3. The highest BCUT2D eigenvalue weighted by molar-refractivity contribution is 5.85. The highest BCUT2D eigenvalue weighted by atomic mass is 19.1. The summed E-state index contributed by atoms with van der Waals surface area (Å²) in [5.41, 5.74) is 3.91. The Morgan fingerprint density at radius 1 is 0.966 bits per heavy atom. The Kier molecular flexibility index (Phi) is 5.81. The summed E-state index contributed by atoms with van der Waals surface area (Å²) in [7, 11) is 0. The number of hydrogen-bond donors (Lipinski definition) is 0. The highest BCUT2D eigenvalue weighted by Crippen LogP contribution is 2.37. The van der Waals surface area contributed by atoms with Gasteiger partial charge in [0.1, 0.15) is 5.82 Å². The van der Waals surface area contributed by atoms with Gasteiger partial charge >= 0.3 is 0 Å². The van der Waals surface area contributed by atoms with Gasteiger partial charge in [-0.15, -0.1) is 6.58 Å². The number of aryl methyl sites for hydroxylation is 1. The van der Waals surface area contributed by atoms with Crippen LogP contribution >= 0.6 is 0 Å². The van der Waals surface area contributed by atoms with Gasteiger partial charge in [-0.25, -0.2) is 4.39 Å². The number of benzene rings is 3. The molecule has 3 aromatic carbocycles. The van der Waals surface area contributed by atoms with Gasteiger partial charge in [-0.05, 0) is 80.0 Å². The van der Waals surface area contributed by atoms with Gasteiger partial charge < -0.3 is 0 Å². The van der Waals surface area contributed by atoms with Crippen LogP contribution in [0.25, 0.3) is 10.8 Å². The fourth-order valence-corrected chi connectivity index (χ4v) is 4.45. The average Bonchev–Trinajstić information content (AvgIpc) is 2.74. The molecular weight excluding hydrogens is 355 g/mol. The molecule has 0 radical (unpaired) electrons. The largest absolute Gasteiger partial charge is 0.205 e. The molecule has 0 amide bonds. The van der Waals surface area contributed by atoms with Crippen molar-refractivity contribution in [1.82, 2.24) is 0 Å². The second-order valence-electron chi connectivity index (χ2n) is 8.27. The van der Waals surface area contributed by atoms with E-state index in [2.05, 4.69) is 48.8 Å². The third kappa shape index (κ3) is 4.43. The van der Waals surface area contributed by atoms with Crippen LogP contribution in [0.3, 0.4) is 0 Å². The molecule has 0 saturated heterocycles. The third-order valence-corrected chi connectivity index (χ3v) is 6.18. The van der Waals surface area contributed by atoms with Gasteiger partial charge in [0.25, 0.3) is 0 Å². The zero-order valence-electron chi connectivity index (χ0n) is 17.0. The van der Waals surface area contributed by atoms with Crippen LogP contribution in [0.2, 0.25) is 0 Å². The summed E-state index contributed by atoms with van der Waals surface area (Å²) in [5.74, 6) is 7.38. The van der Waals surface area contributed by atoms with Crippen molar-refractivity contribution in [2.45, 2.75) is 44.9 Å². The lowest BCUT2D eigenvalue weighted by atomic mass is 9.77. The van der Waals surface area contributed by atoms with Gasteiger partial charge in [0.15, 0.2) is 0 Å². The SMILES string of the molecule is C=CCC1CCC(c2ccc(C#Cc3ccc4cc(C)ccc4c3F)cc2)CC1. The van der Waals surface area contributed by atoms with Crippen molar-refractivity contribution in [3.63, 3.8) is 0 Å². The van der Waals surface area contributed by atoms with E-state index in [1.54, 1.807) is 6.07 Å². The van der Waals surface area contributed by atoms with E-state index < -0.39 is 0 Å². The van der Waals surface area contributed by atoms with Crippen LogP contribution in [0.1, 0.15) is 60.3 Å². The van der Waals surface area contributed by atoms with Crippen molar-refractivity contribution in [2.75, 3.05) is 0 Å². The van der Waals surface area contributed by atoms with Crippen LogP contribution in [0.5, 0.6) is 0 Å². The second kappa shape index (κ2) is 8.66. The van der Waals surface area contributed by atoms with Gasteiger partial charge in [0.2, 0.25) is 0 Å². The molecule has 29 heavy (non-hydrogen) atoms. The Bertz CT molecular complexity index is 1070.